The summed E-state index contributed by atoms with van der Waals surface area (Å²) < 4.78 is 44.1. The molecule has 0 unspecified atom stereocenters. The molecule has 3 atom stereocenters. The monoisotopic (exact) mass is 481 g/mol. The summed E-state index contributed by atoms with van der Waals surface area (Å²) in [5.41, 5.74) is -1.09. The van der Waals surface area contributed by atoms with Gasteiger partial charge in [-0.25, -0.2) is 0 Å². The topological polar surface area (TPSA) is 100 Å². The number of nitrogens with zero attached hydrogens (tertiary/aromatic N) is 3. The van der Waals surface area contributed by atoms with E-state index in [1.54, 1.807) is 6.92 Å². The highest BCUT2D eigenvalue weighted by atomic mass is 19.4. The molecule has 1 aromatic heterocycles. The first-order valence-corrected chi connectivity index (χ1v) is 11.2. The van der Waals surface area contributed by atoms with Crippen LogP contribution in [0.3, 0.4) is 0 Å². The molecule has 186 valence electrons. The predicted molar refractivity (Wildman–Crippen MR) is 118 cm³/mol. The molecule has 1 fully saturated rings. The lowest BCUT2D eigenvalue weighted by Crippen LogP contribution is -2.50. The Labute approximate surface area is 196 Å². The van der Waals surface area contributed by atoms with Crippen LogP contribution in [0.1, 0.15) is 66.7 Å². The van der Waals surface area contributed by atoms with E-state index in [0.29, 0.717) is 24.2 Å². The first-order chi connectivity index (χ1) is 16.0. The molecule has 2 N–H and O–H groups in total. The third-order valence-electron chi connectivity index (χ3n) is 6.28. The third kappa shape index (κ3) is 6.34. The summed E-state index contributed by atoms with van der Waals surface area (Å²) in [6.07, 6.45) is -2.29. The van der Waals surface area contributed by atoms with Crippen LogP contribution >= 0.6 is 0 Å². The highest BCUT2D eigenvalue weighted by Gasteiger charge is 2.38. The fourth-order valence-electron chi connectivity index (χ4n) is 4.21. The maximum Gasteiger partial charge on any atom is 0.416 e. The second-order valence-corrected chi connectivity index (χ2v) is 8.95. The van der Waals surface area contributed by atoms with E-state index < -0.39 is 23.6 Å². The van der Waals surface area contributed by atoms with E-state index in [4.69, 9.17) is 4.52 Å². The van der Waals surface area contributed by atoms with Gasteiger partial charge in [0.15, 0.2) is 5.82 Å². The van der Waals surface area contributed by atoms with Crippen molar-refractivity contribution in [2.24, 2.45) is 0 Å². The van der Waals surface area contributed by atoms with Crippen molar-refractivity contribution in [2.45, 2.75) is 70.3 Å². The van der Waals surface area contributed by atoms with Gasteiger partial charge in [0, 0.05) is 23.7 Å². The number of hydrogen-bond acceptors (Lipinski definition) is 6. The van der Waals surface area contributed by atoms with Gasteiger partial charge in [-0.15, -0.1) is 0 Å². The molecule has 1 heterocycles. The van der Waals surface area contributed by atoms with E-state index >= 15 is 0 Å². The number of carbonyl (C=O) groups is 2. The summed E-state index contributed by atoms with van der Waals surface area (Å²) in [4.78, 5) is 31.5. The van der Waals surface area contributed by atoms with Gasteiger partial charge in [-0.1, -0.05) is 11.2 Å². The van der Waals surface area contributed by atoms with Gasteiger partial charge in [0.2, 0.25) is 11.8 Å². The number of benzene rings is 1. The average molecular weight is 482 g/mol. The van der Waals surface area contributed by atoms with Crippen molar-refractivity contribution in [1.82, 2.24) is 25.7 Å². The summed E-state index contributed by atoms with van der Waals surface area (Å²) in [5.74, 6) is -0.426. The predicted octanol–water partition coefficient (Wildman–Crippen LogP) is 3.29. The van der Waals surface area contributed by atoms with E-state index in [9.17, 15) is 22.8 Å². The Bertz CT molecular complexity index is 1010. The molecular formula is C23H30F3N5O3. The molecule has 0 bridgehead atoms. The first kappa shape index (κ1) is 25.7. The zero-order valence-corrected chi connectivity index (χ0v) is 19.6. The molecule has 0 saturated heterocycles. The number of aryl methyl sites for hydroxylation is 1. The molecular weight excluding hydrogens is 451 g/mol. The van der Waals surface area contributed by atoms with E-state index in [-0.39, 0.29) is 30.1 Å². The van der Waals surface area contributed by atoms with Gasteiger partial charge in [0.05, 0.1) is 18.0 Å². The SMILES string of the molecule is Cc1noc([C@H]2C[C@H](N(C)C(C)C)CC[C@@H]2NC(=O)CNC(=O)c2cccc(C(F)(F)F)c2)n1. The number of halogens is 3. The van der Waals surface area contributed by atoms with Crippen LogP contribution in [0, 0.1) is 6.92 Å². The van der Waals surface area contributed by atoms with Crippen LogP contribution in [0.15, 0.2) is 28.8 Å². The van der Waals surface area contributed by atoms with Crippen molar-refractivity contribution < 1.29 is 27.3 Å². The molecule has 1 aliphatic rings. The number of alkyl halides is 3. The van der Waals surface area contributed by atoms with Gasteiger partial charge in [-0.05, 0) is 65.3 Å². The molecule has 34 heavy (non-hydrogen) atoms. The summed E-state index contributed by atoms with van der Waals surface area (Å²) in [5, 5.41) is 9.20. The second-order valence-electron chi connectivity index (χ2n) is 8.95. The Balaban J connectivity index is 1.63. The maximum atomic E-state index is 12.9. The fourth-order valence-corrected chi connectivity index (χ4v) is 4.21. The molecule has 2 aromatic rings. The van der Waals surface area contributed by atoms with E-state index in [2.05, 4.69) is 46.6 Å². The van der Waals surface area contributed by atoms with Gasteiger partial charge >= 0.3 is 6.18 Å². The Morgan fingerprint density at radius 2 is 2.00 bits per heavy atom. The number of rotatable bonds is 7. The molecule has 11 heteroatoms. The molecule has 2 amide bonds. The first-order valence-electron chi connectivity index (χ1n) is 11.2. The zero-order valence-electron chi connectivity index (χ0n) is 19.6. The molecule has 0 radical (unpaired) electrons. The Morgan fingerprint density at radius 3 is 2.62 bits per heavy atom. The van der Waals surface area contributed by atoms with Crippen LogP contribution < -0.4 is 10.6 Å². The molecule has 3 rings (SSSR count). The summed E-state index contributed by atoms with van der Waals surface area (Å²) in [6.45, 7) is 5.60. The van der Waals surface area contributed by atoms with E-state index in [1.807, 2.05) is 0 Å². The van der Waals surface area contributed by atoms with Crippen LogP contribution in [-0.4, -0.2) is 58.6 Å². The Kier molecular flexibility index (Phi) is 7.96. The van der Waals surface area contributed by atoms with Crippen molar-refractivity contribution in [1.29, 1.82) is 0 Å². The number of carbonyl (C=O) groups excluding carboxylic acids is 2. The zero-order chi connectivity index (χ0) is 25.0. The minimum atomic E-state index is -4.56. The minimum Gasteiger partial charge on any atom is -0.351 e. The fraction of sp³-hybridized carbons (Fsp3) is 0.565. The van der Waals surface area contributed by atoms with Crippen LogP contribution in [0.2, 0.25) is 0 Å². The van der Waals surface area contributed by atoms with Crippen molar-refractivity contribution >= 4 is 11.8 Å². The van der Waals surface area contributed by atoms with Crippen molar-refractivity contribution in [3.63, 3.8) is 0 Å². The Morgan fingerprint density at radius 1 is 1.26 bits per heavy atom. The lowest BCUT2D eigenvalue weighted by molar-refractivity contribution is -0.137. The van der Waals surface area contributed by atoms with E-state index in [0.717, 1.165) is 31.0 Å². The van der Waals surface area contributed by atoms with Gasteiger partial charge in [-0.3, -0.25) is 9.59 Å². The standard InChI is InChI=1S/C23H30F3N5O3/c1-13(2)31(4)17-8-9-19(18(11-17)22-28-14(3)30-34-22)29-20(32)12-27-21(33)15-6-5-7-16(10-15)23(24,25)26/h5-7,10,13,17-19H,8-9,11-12H2,1-4H3,(H,27,33)(H,29,32)/t17-,18+,19+/m1/s1. The van der Waals surface area contributed by atoms with Crippen molar-refractivity contribution in [3.8, 4) is 0 Å². The normalized spacial score (nSPS) is 21.0. The second kappa shape index (κ2) is 10.5. The highest BCUT2D eigenvalue weighted by Crippen LogP contribution is 2.35. The van der Waals surface area contributed by atoms with Crippen LogP contribution in [0.25, 0.3) is 0 Å². The Hall–Kier alpha value is -2.95. The molecule has 1 aromatic carbocycles. The largest absolute Gasteiger partial charge is 0.416 e. The van der Waals surface area contributed by atoms with Crippen molar-refractivity contribution in [3.05, 3.63) is 47.1 Å². The van der Waals surface area contributed by atoms with Crippen LogP contribution in [-0.2, 0) is 11.0 Å². The van der Waals surface area contributed by atoms with Crippen LogP contribution in [0.5, 0.6) is 0 Å². The smallest absolute Gasteiger partial charge is 0.351 e. The van der Waals surface area contributed by atoms with E-state index in [1.165, 1.54) is 6.07 Å². The summed E-state index contributed by atoms with van der Waals surface area (Å²) in [7, 11) is 2.06. The average Bonchev–Trinajstić information content (AvgIpc) is 3.22. The van der Waals surface area contributed by atoms with Gasteiger partial charge in [-0.2, -0.15) is 18.2 Å². The molecule has 1 saturated carbocycles. The number of aromatic nitrogens is 2. The summed E-state index contributed by atoms with van der Waals surface area (Å²) in [6, 6.07) is 4.43. The highest BCUT2D eigenvalue weighted by molar-refractivity contribution is 5.96. The maximum absolute atomic E-state index is 12.9. The molecule has 0 spiro atoms. The molecule has 8 nitrogen and oxygen atoms in total. The quantitative estimate of drug-likeness (QED) is 0.630. The lowest BCUT2D eigenvalue weighted by Gasteiger charge is -2.40. The molecule has 0 aliphatic heterocycles. The third-order valence-corrected chi connectivity index (χ3v) is 6.28. The van der Waals surface area contributed by atoms with Crippen molar-refractivity contribution in [2.75, 3.05) is 13.6 Å². The lowest BCUT2D eigenvalue weighted by atomic mass is 9.80. The number of hydrogen-bond donors (Lipinski definition) is 2. The summed E-state index contributed by atoms with van der Waals surface area (Å²) >= 11 is 0. The van der Waals surface area contributed by atoms with Crippen LogP contribution in [0.4, 0.5) is 13.2 Å². The molecule has 1 aliphatic carbocycles. The van der Waals surface area contributed by atoms with Gasteiger partial charge < -0.3 is 20.1 Å². The minimum absolute atomic E-state index is 0.168. The van der Waals surface area contributed by atoms with Gasteiger partial charge in [0.1, 0.15) is 0 Å². The van der Waals surface area contributed by atoms with Gasteiger partial charge in [0.25, 0.3) is 5.91 Å². The number of nitrogens with one attached hydrogen (secondary N) is 2. The number of amides is 2.